The van der Waals surface area contributed by atoms with Crippen molar-refractivity contribution in [3.05, 3.63) is 48.4 Å². The van der Waals surface area contributed by atoms with Crippen LogP contribution in [0.25, 0.3) is 0 Å². The third-order valence-electron chi connectivity index (χ3n) is 4.96. The number of piperidine rings is 1. The molecular weight excluding hydrogens is 326 g/mol. The lowest BCUT2D eigenvalue weighted by Gasteiger charge is -2.34. The molecule has 1 aromatic carbocycles. The largest absolute Gasteiger partial charge is 0.367 e. The first-order chi connectivity index (χ1) is 12.6. The zero-order valence-electron chi connectivity index (χ0n) is 15.7. The average molecular weight is 353 g/mol. The van der Waals surface area contributed by atoms with Crippen molar-refractivity contribution in [2.24, 2.45) is 5.92 Å². The SMILES string of the molecule is C[C@@H](NC(=O)C1CCN(c2cncnc2N(C)C)CC1)c1ccccc1. The first-order valence-corrected chi connectivity index (χ1v) is 9.14. The molecule has 1 N–H and O–H groups in total. The molecule has 3 rings (SSSR count). The third-order valence-corrected chi connectivity index (χ3v) is 4.96. The Morgan fingerprint density at radius 2 is 1.92 bits per heavy atom. The fourth-order valence-electron chi connectivity index (χ4n) is 3.42. The van der Waals surface area contributed by atoms with E-state index < -0.39 is 0 Å². The summed E-state index contributed by atoms with van der Waals surface area (Å²) >= 11 is 0. The standard InChI is InChI=1S/C20H27N5O/c1-15(16-7-5-4-6-8-16)23-20(26)17-9-11-25(12-10-17)18-13-21-14-22-19(18)24(2)3/h4-8,13-15,17H,9-12H2,1-3H3,(H,23,26)/t15-/m1/s1. The molecule has 1 saturated heterocycles. The van der Waals surface area contributed by atoms with Crippen LogP contribution in [0.2, 0.25) is 0 Å². The molecule has 2 aromatic rings. The molecule has 26 heavy (non-hydrogen) atoms. The van der Waals surface area contributed by atoms with Crippen molar-refractivity contribution in [1.29, 1.82) is 0 Å². The molecule has 0 aliphatic carbocycles. The molecule has 0 spiro atoms. The molecule has 1 aliphatic rings. The highest BCUT2D eigenvalue weighted by atomic mass is 16.1. The third kappa shape index (κ3) is 4.12. The van der Waals surface area contributed by atoms with Crippen LogP contribution in [0.5, 0.6) is 0 Å². The van der Waals surface area contributed by atoms with Gasteiger partial charge in [-0.15, -0.1) is 0 Å². The van der Waals surface area contributed by atoms with Crippen LogP contribution in [0.15, 0.2) is 42.9 Å². The number of nitrogens with zero attached hydrogens (tertiary/aromatic N) is 4. The van der Waals surface area contributed by atoms with Gasteiger partial charge in [0.05, 0.1) is 17.9 Å². The predicted molar refractivity (Wildman–Crippen MR) is 104 cm³/mol. The van der Waals surface area contributed by atoms with Crippen LogP contribution in [0, 0.1) is 5.92 Å². The Bertz CT molecular complexity index is 726. The quantitative estimate of drug-likeness (QED) is 0.895. The minimum absolute atomic E-state index is 0.0320. The summed E-state index contributed by atoms with van der Waals surface area (Å²) in [4.78, 5) is 25.5. The molecule has 1 amide bonds. The Kier molecular flexibility index (Phi) is 5.71. The van der Waals surface area contributed by atoms with Gasteiger partial charge in [-0.2, -0.15) is 0 Å². The lowest BCUT2D eigenvalue weighted by atomic mass is 9.95. The van der Waals surface area contributed by atoms with Gasteiger partial charge in [0.25, 0.3) is 0 Å². The lowest BCUT2D eigenvalue weighted by molar-refractivity contribution is -0.126. The Morgan fingerprint density at radius 3 is 2.58 bits per heavy atom. The molecule has 6 nitrogen and oxygen atoms in total. The number of hydrogen-bond acceptors (Lipinski definition) is 5. The molecule has 138 valence electrons. The second kappa shape index (κ2) is 8.17. The van der Waals surface area contributed by atoms with Gasteiger partial charge in [-0.25, -0.2) is 9.97 Å². The maximum absolute atomic E-state index is 12.6. The summed E-state index contributed by atoms with van der Waals surface area (Å²) in [6.45, 7) is 3.71. The lowest BCUT2D eigenvalue weighted by Crippen LogP contribution is -2.41. The van der Waals surface area contributed by atoms with Gasteiger partial charge in [0, 0.05) is 33.1 Å². The summed E-state index contributed by atoms with van der Waals surface area (Å²) in [5, 5.41) is 3.16. The van der Waals surface area contributed by atoms with Crippen LogP contribution in [0.3, 0.4) is 0 Å². The Morgan fingerprint density at radius 1 is 1.23 bits per heavy atom. The highest BCUT2D eigenvalue weighted by molar-refractivity contribution is 5.79. The van der Waals surface area contributed by atoms with Gasteiger partial charge in [0.1, 0.15) is 6.33 Å². The number of amides is 1. The normalized spacial score (nSPS) is 16.2. The van der Waals surface area contributed by atoms with Gasteiger partial charge in [-0.05, 0) is 25.3 Å². The first-order valence-electron chi connectivity index (χ1n) is 9.14. The molecule has 6 heteroatoms. The van der Waals surface area contributed by atoms with E-state index in [0.717, 1.165) is 43.0 Å². The van der Waals surface area contributed by atoms with Crippen molar-refractivity contribution >= 4 is 17.4 Å². The molecule has 0 unspecified atom stereocenters. The van der Waals surface area contributed by atoms with Crippen molar-refractivity contribution < 1.29 is 4.79 Å². The predicted octanol–water partition coefficient (Wildman–Crippen LogP) is 2.64. The zero-order valence-corrected chi connectivity index (χ0v) is 15.7. The van der Waals surface area contributed by atoms with Gasteiger partial charge in [-0.1, -0.05) is 30.3 Å². The molecule has 2 heterocycles. The maximum atomic E-state index is 12.6. The number of nitrogens with one attached hydrogen (secondary N) is 1. The second-order valence-electron chi connectivity index (χ2n) is 7.03. The number of aromatic nitrogens is 2. The average Bonchev–Trinajstić information content (AvgIpc) is 2.68. The first kappa shape index (κ1) is 18.2. The number of benzene rings is 1. The number of hydrogen-bond donors (Lipinski definition) is 1. The molecule has 0 saturated carbocycles. The summed E-state index contributed by atoms with van der Waals surface area (Å²) in [7, 11) is 3.97. The summed E-state index contributed by atoms with van der Waals surface area (Å²) in [5.41, 5.74) is 2.17. The summed E-state index contributed by atoms with van der Waals surface area (Å²) in [6.07, 6.45) is 5.12. The van der Waals surface area contributed by atoms with E-state index in [1.54, 1.807) is 6.33 Å². The van der Waals surface area contributed by atoms with Gasteiger partial charge in [0.15, 0.2) is 5.82 Å². The second-order valence-corrected chi connectivity index (χ2v) is 7.03. The van der Waals surface area contributed by atoms with E-state index >= 15 is 0 Å². The molecule has 0 radical (unpaired) electrons. The summed E-state index contributed by atoms with van der Waals surface area (Å²) in [6, 6.07) is 10.1. The monoisotopic (exact) mass is 353 g/mol. The number of carbonyl (C=O) groups excluding carboxylic acids is 1. The van der Waals surface area contributed by atoms with Gasteiger partial charge in [-0.3, -0.25) is 4.79 Å². The van der Waals surface area contributed by atoms with Crippen LogP contribution in [0.4, 0.5) is 11.5 Å². The maximum Gasteiger partial charge on any atom is 0.223 e. The van der Waals surface area contributed by atoms with Gasteiger partial charge < -0.3 is 15.1 Å². The molecule has 1 atom stereocenters. The number of carbonyl (C=O) groups is 1. The van der Waals surface area contributed by atoms with E-state index in [-0.39, 0.29) is 17.9 Å². The fourth-order valence-corrected chi connectivity index (χ4v) is 3.42. The van der Waals surface area contributed by atoms with Crippen LogP contribution >= 0.6 is 0 Å². The molecule has 0 bridgehead atoms. The van der Waals surface area contributed by atoms with Gasteiger partial charge >= 0.3 is 0 Å². The minimum atomic E-state index is 0.0320. The Labute approximate surface area is 155 Å². The summed E-state index contributed by atoms with van der Waals surface area (Å²) in [5.74, 6) is 1.13. The number of rotatable bonds is 5. The van der Waals surface area contributed by atoms with E-state index in [1.807, 2.05) is 62.4 Å². The zero-order chi connectivity index (χ0) is 18.5. The van der Waals surface area contributed by atoms with Crippen LogP contribution in [-0.2, 0) is 4.79 Å². The van der Waals surface area contributed by atoms with Crippen LogP contribution in [-0.4, -0.2) is 43.1 Å². The smallest absolute Gasteiger partial charge is 0.223 e. The molecule has 1 fully saturated rings. The van der Waals surface area contributed by atoms with Crippen LogP contribution < -0.4 is 15.1 Å². The van der Waals surface area contributed by atoms with E-state index in [9.17, 15) is 4.79 Å². The molecule has 1 aromatic heterocycles. The van der Waals surface area contributed by atoms with E-state index in [4.69, 9.17) is 0 Å². The topological polar surface area (TPSA) is 61.4 Å². The van der Waals surface area contributed by atoms with Gasteiger partial charge in [0.2, 0.25) is 5.91 Å². The van der Waals surface area contributed by atoms with Crippen molar-refractivity contribution in [3.8, 4) is 0 Å². The Hall–Kier alpha value is -2.63. The summed E-state index contributed by atoms with van der Waals surface area (Å²) < 4.78 is 0. The minimum Gasteiger partial charge on any atom is -0.367 e. The molecular formula is C20H27N5O. The van der Waals surface area contributed by atoms with Crippen molar-refractivity contribution in [1.82, 2.24) is 15.3 Å². The molecule has 1 aliphatic heterocycles. The Balaban J connectivity index is 1.58. The van der Waals surface area contributed by atoms with Crippen molar-refractivity contribution in [2.45, 2.75) is 25.8 Å². The highest BCUT2D eigenvalue weighted by Crippen LogP contribution is 2.29. The van der Waals surface area contributed by atoms with E-state index in [1.165, 1.54) is 0 Å². The van der Waals surface area contributed by atoms with Crippen LogP contribution in [0.1, 0.15) is 31.4 Å². The van der Waals surface area contributed by atoms with E-state index in [2.05, 4.69) is 20.2 Å². The van der Waals surface area contributed by atoms with Crippen molar-refractivity contribution in [3.63, 3.8) is 0 Å². The van der Waals surface area contributed by atoms with Crippen molar-refractivity contribution in [2.75, 3.05) is 37.0 Å². The fraction of sp³-hybridized carbons (Fsp3) is 0.450. The number of anilines is 2. The highest BCUT2D eigenvalue weighted by Gasteiger charge is 2.27. The van der Waals surface area contributed by atoms with E-state index in [0.29, 0.717) is 0 Å².